The molecule has 1 aromatic heterocycles. The van der Waals surface area contributed by atoms with Gasteiger partial charge in [0.25, 0.3) is 11.6 Å². The van der Waals surface area contributed by atoms with Crippen LogP contribution in [0.5, 0.6) is 5.75 Å². The first kappa shape index (κ1) is 21.0. The van der Waals surface area contributed by atoms with E-state index >= 15 is 0 Å². The second kappa shape index (κ2) is 8.37. The van der Waals surface area contributed by atoms with Crippen molar-refractivity contribution >= 4 is 44.7 Å². The molecule has 1 heterocycles. The van der Waals surface area contributed by atoms with Crippen LogP contribution in [0.25, 0.3) is 10.1 Å². The number of hydrogen-bond acceptors (Lipinski definition) is 7. The van der Waals surface area contributed by atoms with E-state index in [2.05, 4.69) is 10.1 Å². The van der Waals surface area contributed by atoms with E-state index in [4.69, 9.17) is 4.74 Å². The second-order valence-electron chi connectivity index (χ2n) is 5.79. The molecule has 0 aliphatic rings. The predicted molar refractivity (Wildman–Crippen MR) is 101 cm³/mol. The zero-order valence-electron chi connectivity index (χ0n) is 14.8. The fourth-order valence-electron chi connectivity index (χ4n) is 2.38. The van der Waals surface area contributed by atoms with Crippen LogP contribution in [-0.4, -0.2) is 29.8 Å². The number of carbonyl (C=O) groups is 2. The minimum Gasteiger partial charge on any atom is -0.451 e. The summed E-state index contributed by atoms with van der Waals surface area (Å²) in [5.41, 5.74) is 0.0611. The number of benzene rings is 2. The highest BCUT2D eigenvalue weighted by molar-refractivity contribution is 7.20. The summed E-state index contributed by atoms with van der Waals surface area (Å²) in [5, 5.41) is 13.7. The maximum absolute atomic E-state index is 12.1. The topological polar surface area (TPSA) is 108 Å². The number of amides is 1. The molecular weight excluding hydrogens is 429 g/mol. The number of nitrogens with zero attached hydrogens (tertiary/aromatic N) is 1. The number of rotatable bonds is 6. The fraction of sp³-hybridized carbons (Fsp3) is 0.111. The average molecular weight is 440 g/mol. The largest absolute Gasteiger partial charge is 0.573 e. The van der Waals surface area contributed by atoms with Gasteiger partial charge in [0.05, 0.1) is 4.92 Å². The Morgan fingerprint density at radius 2 is 1.80 bits per heavy atom. The van der Waals surface area contributed by atoms with Crippen LogP contribution in [0.15, 0.2) is 48.5 Å². The van der Waals surface area contributed by atoms with Gasteiger partial charge in [-0.25, -0.2) is 4.79 Å². The van der Waals surface area contributed by atoms with Crippen molar-refractivity contribution in [1.29, 1.82) is 0 Å². The van der Waals surface area contributed by atoms with Crippen molar-refractivity contribution in [3.63, 3.8) is 0 Å². The van der Waals surface area contributed by atoms with Crippen LogP contribution in [0.4, 0.5) is 24.5 Å². The molecule has 0 fully saturated rings. The van der Waals surface area contributed by atoms with Gasteiger partial charge in [-0.1, -0.05) is 0 Å². The molecule has 0 atom stereocenters. The van der Waals surface area contributed by atoms with Gasteiger partial charge in [-0.05, 0) is 36.4 Å². The van der Waals surface area contributed by atoms with Crippen LogP contribution < -0.4 is 10.1 Å². The molecule has 1 N–H and O–H groups in total. The minimum absolute atomic E-state index is 0.119. The predicted octanol–water partition coefficient (Wildman–Crippen LogP) is 4.50. The van der Waals surface area contributed by atoms with Crippen LogP contribution in [0.1, 0.15) is 9.67 Å². The Kier molecular flexibility index (Phi) is 5.87. The number of non-ortho nitro benzene ring substituents is 1. The number of hydrogen-bond donors (Lipinski definition) is 1. The molecular formula is C18H11F3N2O6S. The molecule has 0 saturated carbocycles. The van der Waals surface area contributed by atoms with Crippen LogP contribution >= 0.6 is 11.3 Å². The van der Waals surface area contributed by atoms with E-state index in [0.717, 1.165) is 23.5 Å². The van der Waals surface area contributed by atoms with Crippen molar-refractivity contribution in [2.45, 2.75) is 6.36 Å². The fourth-order valence-corrected chi connectivity index (χ4v) is 3.32. The lowest BCUT2D eigenvalue weighted by molar-refractivity contribution is -0.384. The van der Waals surface area contributed by atoms with Gasteiger partial charge in [-0.15, -0.1) is 24.5 Å². The van der Waals surface area contributed by atoms with Gasteiger partial charge in [0.1, 0.15) is 10.6 Å². The molecule has 0 unspecified atom stereocenters. The van der Waals surface area contributed by atoms with Crippen LogP contribution in [0.2, 0.25) is 0 Å². The quantitative estimate of drug-likeness (QED) is 0.343. The van der Waals surface area contributed by atoms with E-state index in [1.807, 2.05) is 0 Å². The summed E-state index contributed by atoms with van der Waals surface area (Å²) >= 11 is 1.05. The van der Waals surface area contributed by atoms with E-state index in [1.165, 1.54) is 36.4 Å². The van der Waals surface area contributed by atoms with E-state index in [0.29, 0.717) is 10.1 Å². The number of esters is 1. The SMILES string of the molecule is O=C(COC(=O)c1cc2cc([N+](=O)[O-])ccc2s1)Nc1ccc(OC(F)(F)F)cc1. The molecule has 30 heavy (non-hydrogen) atoms. The van der Waals surface area contributed by atoms with Crippen molar-refractivity contribution in [3.05, 3.63) is 63.5 Å². The van der Waals surface area contributed by atoms with Gasteiger partial charge < -0.3 is 14.8 Å². The van der Waals surface area contributed by atoms with E-state index in [1.54, 1.807) is 0 Å². The maximum atomic E-state index is 12.1. The average Bonchev–Trinajstić information content (AvgIpc) is 3.10. The standard InChI is InChI=1S/C18H11F3N2O6S/c19-18(20,21)29-13-4-1-11(2-5-13)22-16(24)9-28-17(25)15-8-10-7-12(23(26)27)3-6-14(10)30-15/h1-8H,9H2,(H,22,24). The smallest absolute Gasteiger partial charge is 0.451 e. The summed E-state index contributed by atoms with van der Waals surface area (Å²) < 4.78 is 45.6. The Bertz CT molecular complexity index is 1110. The first-order chi connectivity index (χ1) is 14.1. The van der Waals surface area contributed by atoms with E-state index in [9.17, 15) is 32.9 Å². The summed E-state index contributed by atoms with van der Waals surface area (Å²) in [6.45, 7) is -0.631. The zero-order chi connectivity index (χ0) is 21.9. The third-order valence-corrected chi connectivity index (χ3v) is 4.71. The van der Waals surface area contributed by atoms with Gasteiger partial charge in [-0.2, -0.15) is 0 Å². The highest BCUT2D eigenvalue weighted by Crippen LogP contribution is 2.29. The van der Waals surface area contributed by atoms with Gasteiger partial charge >= 0.3 is 12.3 Å². The van der Waals surface area contributed by atoms with Crippen molar-refractivity contribution in [2.75, 3.05) is 11.9 Å². The number of fused-ring (bicyclic) bond motifs is 1. The first-order valence-electron chi connectivity index (χ1n) is 8.11. The number of carbonyl (C=O) groups excluding carboxylic acids is 2. The number of nitrogens with one attached hydrogen (secondary N) is 1. The molecule has 0 spiro atoms. The number of alkyl halides is 3. The number of nitro benzene ring substituents is 1. The summed E-state index contributed by atoms with van der Waals surface area (Å²) in [6.07, 6.45) is -4.82. The first-order valence-corrected chi connectivity index (χ1v) is 8.93. The molecule has 0 aliphatic heterocycles. The third kappa shape index (κ3) is 5.44. The Balaban J connectivity index is 1.56. The molecule has 3 rings (SSSR count). The zero-order valence-corrected chi connectivity index (χ0v) is 15.6. The Labute approximate surface area is 170 Å². The summed E-state index contributed by atoms with van der Waals surface area (Å²) in [5.74, 6) is -1.94. The molecule has 0 saturated heterocycles. The lowest BCUT2D eigenvalue weighted by atomic mass is 10.2. The van der Waals surface area contributed by atoms with Gasteiger partial charge in [-0.3, -0.25) is 14.9 Å². The highest BCUT2D eigenvalue weighted by atomic mass is 32.1. The normalized spacial score (nSPS) is 11.2. The Hall–Kier alpha value is -3.67. The van der Waals surface area contributed by atoms with Crippen molar-refractivity contribution in [2.24, 2.45) is 0 Å². The number of nitro groups is 1. The van der Waals surface area contributed by atoms with Crippen LogP contribution in [-0.2, 0) is 9.53 Å². The van der Waals surface area contributed by atoms with Crippen LogP contribution in [0, 0.1) is 10.1 Å². The monoisotopic (exact) mass is 440 g/mol. The third-order valence-electron chi connectivity index (χ3n) is 3.62. The molecule has 1 amide bonds. The Morgan fingerprint density at radius 3 is 2.43 bits per heavy atom. The van der Waals surface area contributed by atoms with Gasteiger partial charge in [0, 0.05) is 27.9 Å². The second-order valence-corrected chi connectivity index (χ2v) is 6.87. The lowest BCUT2D eigenvalue weighted by Crippen LogP contribution is -2.20. The number of ether oxygens (including phenoxy) is 2. The summed E-state index contributed by atoms with van der Waals surface area (Å²) in [6, 6.07) is 9.99. The molecule has 3 aromatic rings. The maximum Gasteiger partial charge on any atom is 0.573 e. The molecule has 8 nitrogen and oxygen atoms in total. The number of anilines is 1. The summed E-state index contributed by atoms with van der Waals surface area (Å²) in [4.78, 5) is 34.4. The molecule has 156 valence electrons. The Morgan fingerprint density at radius 1 is 1.10 bits per heavy atom. The van der Waals surface area contributed by atoms with Gasteiger partial charge in [0.15, 0.2) is 6.61 Å². The molecule has 2 aromatic carbocycles. The molecule has 0 bridgehead atoms. The molecule has 12 heteroatoms. The summed E-state index contributed by atoms with van der Waals surface area (Å²) in [7, 11) is 0. The number of thiophene rings is 1. The van der Waals surface area contributed by atoms with E-state index < -0.39 is 35.5 Å². The van der Waals surface area contributed by atoms with Crippen molar-refractivity contribution in [1.82, 2.24) is 0 Å². The lowest BCUT2D eigenvalue weighted by Gasteiger charge is -2.10. The van der Waals surface area contributed by atoms with Gasteiger partial charge in [0.2, 0.25) is 0 Å². The molecule has 0 radical (unpaired) electrons. The van der Waals surface area contributed by atoms with Crippen molar-refractivity contribution < 1.29 is 37.2 Å². The number of halogens is 3. The van der Waals surface area contributed by atoms with E-state index in [-0.39, 0.29) is 16.3 Å². The molecule has 0 aliphatic carbocycles. The minimum atomic E-state index is -4.82. The van der Waals surface area contributed by atoms with Crippen molar-refractivity contribution in [3.8, 4) is 5.75 Å². The van der Waals surface area contributed by atoms with Crippen LogP contribution in [0.3, 0.4) is 0 Å². The highest BCUT2D eigenvalue weighted by Gasteiger charge is 2.31.